The van der Waals surface area contributed by atoms with Gasteiger partial charge in [0.2, 0.25) is 0 Å². The molecule has 3 N–H and O–H groups in total. The number of rotatable bonds is 1. The molecule has 0 unspecified atom stereocenters. The Balaban J connectivity index is 2.44. The Morgan fingerprint density at radius 3 is 3.25 bits per heavy atom. The maximum atomic E-state index is 5.67. The number of nitrogens with one attached hydrogen (secondary N) is 1. The van der Waals surface area contributed by atoms with Crippen LogP contribution in [0.15, 0.2) is 12.0 Å². The highest BCUT2D eigenvalue weighted by molar-refractivity contribution is 7.10. The Labute approximate surface area is 76.1 Å². The van der Waals surface area contributed by atoms with Crippen molar-refractivity contribution in [2.75, 3.05) is 6.54 Å². The van der Waals surface area contributed by atoms with Gasteiger partial charge in [-0.3, -0.25) is 0 Å². The molecule has 0 saturated carbocycles. The summed E-state index contributed by atoms with van der Waals surface area (Å²) in [5.41, 5.74) is 8.95. The van der Waals surface area contributed by atoms with Gasteiger partial charge in [0, 0.05) is 28.1 Å². The van der Waals surface area contributed by atoms with Crippen molar-refractivity contribution >= 4 is 17.0 Å². The molecular weight excluding hydrogens is 168 g/mol. The lowest BCUT2D eigenvalue weighted by molar-refractivity contribution is 0.654. The lowest BCUT2D eigenvalue weighted by atomic mass is 10.0. The third-order valence-electron chi connectivity index (χ3n) is 2.16. The molecule has 0 saturated heterocycles. The molecule has 12 heavy (non-hydrogen) atoms. The van der Waals surface area contributed by atoms with Crippen LogP contribution in [0, 0.1) is 0 Å². The topological polar surface area (TPSA) is 38.0 Å². The average Bonchev–Trinajstić information content (AvgIpc) is 2.47. The number of thiophene rings is 1. The normalized spacial score (nSPS) is 15.7. The van der Waals surface area contributed by atoms with Gasteiger partial charge in [0.15, 0.2) is 0 Å². The van der Waals surface area contributed by atoms with Crippen LogP contribution in [-0.4, -0.2) is 6.54 Å². The second-order valence-electron chi connectivity index (χ2n) is 3.00. The van der Waals surface area contributed by atoms with Gasteiger partial charge in [0.25, 0.3) is 0 Å². The van der Waals surface area contributed by atoms with E-state index >= 15 is 0 Å². The van der Waals surface area contributed by atoms with Gasteiger partial charge in [-0.2, -0.15) is 0 Å². The molecular formula is C9H12N2S. The molecule has 2 nitrogen and oxygen atoms in total. The fourth-order valence-corrected chi connectivity index (χ4v) is 2.62. The third-order valence-corrected chi connectivity index (χ3v) is 3.19. The van der Waals surface area contributed by atoms with E-state index in [2.05, 4.69) is 17.3 Å². The molecule has 0 atom stereocenters. The lowest BCUT2D eigenvalue weighted by Gasteiger charge is -2.13. The van der Waals surface area contributed by atoms with Gasteiger partial charge in [-0.15, -0.1) is 11.3 Å². The van der Waals surface area contributed by atoms with Gasteiger partial charge < -0.3 is 11.1 Å². The van der Waals surface area contributed by atoms with Crippen molar-refractivity contribution in [3.05, 3.63) is 28.0 Å². The first-order valence-corrected chi connectivity index (χ1v) is 4.91. The molecule has 3 heteroatoms. The second-order valence-corrected chi connectivity index (χ2v) is 3.97. The van der Waals surface area contributed by atoms with Crippen molar-refractivity contribution in [3.8, 4) is 0 Å². The highest BCUT2D eigenvalue weighted by Gasteiger charge is 2.15. The molecule has 2 heterocycles. The van der Waals surface area contributed by atoms with Crippen LogP contribution in [0.1, 0.15) is 16.0 Å². The molecule has 0 aliphatic carbocycles. The Kier molecular flexibility index (Phi) is 1.90. The van der Waals surface area contributed by atoms with Crippen molar-refractivity contribution in [2.24, 2.45) is 5.73 Å². The molecule has 64 valence electrons. The largest absolute Gasteiger partial charge is 0.399 e. The summed E-state index contributed by atoms with van der Waals surface area (Å²) in [4.78, 5) is 1.42. The molecule has 2 rings (SSSR count). The van der Waals surface area contributed by atoms with Crippen molar-refractivity contribution in [2.45, 2.75) is 13.0 Å². The summed E-state index contributed by atoms with van der Waals surface area (Å²) in [6, 6.07) is 0. The van der Waals surface area contributed by atoms with Crippen LogP contribution >= 0.6 is 11.3 Å². The van der Waals surface area contributed by atoms with E-state index in [-0.39, 0.29) is 0 Å². The quantitative estimate of drug-likeness (QED) is 0.684. The predicted molar refractivity (Wildman–Crippen MR) is 53.0 cm³/mol. The fourth-order valence-electron chi connectivity index (χ4n) is 1.53. The first-order chi connectivity index (χ1) is 5.79. The first kappa shape index (κ1) is 7.83. The highest BCUT2D eigenvalue weighted by Crippen LogP contribution is 2.27. The standard InChI is InChI=1S/C9H12N2S/c1-6(10)8-5-12-9-4-11-3-2-7(8)9/h5,11H,1-4,10H2. The molecule has 0 radical (unpaired) electrons. The average molecular weight is 180 g/mol. The van der Waals surface area contributed by atoms with Crippen LogP contribution in [0.5, 0.6) is 0 Å². The van der Waals surface area contributed by atoms with E-state index in [1.54, 1.807) is 11.3 Å². The maximum Gasteiger partial charge on any atom is 0.0325 e. The minimum Gasteiger partial charge on any atom is -0.399 e. The Hall–Kier alpha value is -0.800. The molecule has 0 bridgehead atoms. The van der Waals surface area contributed by atoms with E-state index in [1.807, 2.05) is 0 Å². The molecule has 0 spiro atoms. The maximum absolute atomic E-state index is 5.67. The second kappa shape index (κ2) is 2.92. The van der Waals surface area contributed by atoms with Gasteiger partial charge in [-0.25, -0.2) is 0 Å². The molecule has 1 aliphatic rings. The monoisotopic (exact) mass is 180 g/mol. The van der Waals surface area contributed by atoms with Crippen LogP contribution in [0.3, 0.4) is 0 Å². The van der Waals surface area contributed by atoms with Crippen molar-refractivity contribution in [3.63, 3.8) is 0 Å². The molecule has 1 aliphatic heterocycles. The smallest absolute Gasteiger partial charge is 0.0325 e. The summed E-state index contributed by atoms with van der Waals surface area (Å²) < 4.78 is 0. The minimum atomic E-state index is 0.703. The van der Waals surface area contributed by atoms with E-state index in [1.165, 1.54) is 10.4 Å². The fraction of sp³-hybridized carbons (Fsp3) is 0.333. The van der Waals surface area contributed by atoms with Gasteiger partial charge >= 0.3 is 0 Å². The van der Waals surface area contributed by atoms with Crippen LogP contribution in [-0.2, 0) is 13.0 Å². The number of hydrogen-bond acceptors (Lipinski definition) is 3. The van der Waals surface area contributed by atoms with Crippen molar-refractivity contribution in [1.82, 2.24) is 5.32 Å². The van der Waals surface area contributed by atoms with Crippen LogP contribution in [0.2, 0.25) is 0 Å². The zero-order valence-corrected chi connectivity index (χ0v) is 7.71. The van der Waals surface area contributed by atoms with E-state index in [0.717, 1.165) is 25.1 Å². The molecule has 0 aromatic carbocycles. The number of hydrogen-bond donors (Lipinski definition) is 2. The van der Waals surface area contributed by atoms with E-state index < -0.39 is 0 Å². The van der Waals surface area contributed by atoms with E-state index in [0.29, 0.717) is 5.70 Å². The Morgan fingerprint density at radius 1 is 1.67 bits per heavy atom. The zero-order valence-electron chi connectivity index (χ0n) is 6.89. The van der Waals surface area contributed by atoms with Crippen LogP contribution in [0.4, 0.5) is 0 Å². The van der Waals surface area contributed by atoms with Gasteiger partial charge in [-0.1, -0.05) is 6.58 Å². The summed E-state index contributed by atoms with van der Waals surface area (Å²) in [6.07, 6.45) is 1.09. The highest BCUT2D eigenvalue weighted by atomic mass is 32.1. The Morgan fingerprint density at radius 2 is 2.50 bits per heavy atom. The van der Waals surface area contributed by atoms with Gasteiger partial charge in [0.1, 0.15) is 0 Å². The summed E-state index contributed by atoms with van der Waals surface area (Å²) in [7, 11) is 0. The third kappa shape index (κ3) is 1.15. The zero-order chi connectivity index (χ0) is 8.55. The molecule has 1 aromatic rings. The Bertz CT molecular complexity index is 314. The SMILES string of the molecule is C=C(N)c1csc2c1CCNC2. The lowest BCUT2D eigenvalue weighted by Crippen LogP contribution is -2.22. The van der Waals surface area contributed by atoms with Gasteiger partial charge in [-0.05, 0) is 18.5 Å². The predicted octanol–water partition coefficient (Wildman–Crippen LogP) is 1.32. The summed E-state index contributed by atoms with van der Waals surface area (Å²) >= 11 is 1.78. The number of fused-ring (bicyclic) bond motifs is 1. The number of nitrogens with two attached hydrogens (primary N) is 1. The van der Waals surface area contributed by atoms with Gasteiger partial charge in [0.05, 0.1) is 0 Å². The van der Waals surface area contributed by atoms with Crippen molar-refractivity contribution < 1.29 is 0 Å². The van der Waals surface area contributed by atoms with Crippen LogP contribution in [0.25, 0.3) is 5.70 Å². The van der Waals surface area contributed by atoms with Crippen LogP contribution < -0.4 is 11.1 Å². The van der Waals surface area contributed by atoms with E-state index in [4.69, 9.17) is 5.73 Å². The molecule has 1 aromatic heterocycles. The minimum absolute atomic E-state index is 0.703. The summed E-state index contributed by atoms with van der Waals surface area (Å²) in [5.74, 6) is 0. The first-order valence-electron chi connectivity index (χ1n) is 4.03. The molecule has 0 amide bonds. The summed E-state index contributed by atoms with van der Waals surface area (Å²) in [5, 5.41) is 5.44. The van der Waals surface area contributed by atoms with E-state index in [9.17, 15) is 0 Å². The summed E-state index contributed by atoms with van der Waals surface area (Å²) in [6.45, 7) is 5.82. The van der Waals surface area contributed by atoms with Crippen molar-refractivity contribution in [1.29, 1.82) is 0 Å². The molecule has 0 fully saturated rings.